The number of urea groups is 1. The number of hydrogen-bond acceptors (Lipinski definition) is 3. The summed E-state index contributed by atoms with van der Waals surface area (Å²) in [6, 6.07) is 1.51. The topological polar surface area (TPSA) is 68.2 Å². The first kappa shape index (κ1) is 14.5. The maximum atomic E-state index is 11.4. The van der Waals surface area contributed by atoms with Crippen molar-refractivity contribution < 1.29 is 9.53 Å². The van der Waals surface area contributed by atoms with Gasteiger partial charge in [0.05, 0.1) is 0 Å². The largest absolute Gasteiger partial charge is 0.381 e. The number of anilines is 1. The predicted octanol–water partition coefficient (Wildman–Crippen LogP) is 1.75. The van der Waals surface area contributed by atoms with Crippen LogP contribution >= 0.6 is 0 Å². The monoisotopic (exact) mass is 254 g/mol. The number of aromatic nitrogens is 2. The average Bonchev–Trinajstić information content (AvgIpc) is 2.73. The first-order valence-corrected chi connectivity index (χ1v) is 6.34. The van der Waals surface area contributed by atoms with Crippen molar-refractivity contribution in [3.05, 3.63) is 12.3 Å². The molecule has 0 fully saturated rings. The number of nitrogens with one attached hydrogen (secondary N) is 2. The van der Waals surface area contributed by atoms with Gasteiger partial charge in [0.1, 0.15) is 0 Å². The highest BCUT2D eigenvalue weighted by Crippen LogP contribution is 1.99. The molecule has 0 aliphatic rings. The molecule has 18 heavy (non-hydrogen) atoms. The minimum atomic E-state index is -0.234. The number of carbonyl (C=O) groups is 1. The second kappa shape index (κ2) is 8.52. The quantitative estimate of drug-likeness (QED) is 0.694. The first-order chi connectivity index (χ1) is 8.72. The summed E-state index contributed by atoms with van der Waals surface area (Å²) >= 11 is 0. The zero-order valence-electron chi connectivity index (χ0n) is 11.1. The van der Waals surface area contributed by atoms with E-state index in [1.807, 2.05) is 0 Å². The Bertz CT molecular complexity index is 352. The van der Waals surface area contributed by atoms with Crippen LogP contribution in [0.5, 0.6) is 0 Å². The van der Waals surface area contributed by atoms with Crippen molar-refractivity contribution in [2.24, 2.45) is 7.05 Å². The SMILES string of the molecule is CCCCOCCCNC(=O)Nc1ccn(C)n1. The lowest BCUT2D eigenvalue weighted by atomic mass is 10.4. The van der Waals surface area contributed by atoms with Crippen LogP contribution in [0.4, 0.5) is 10.6 Å². The lowest BCUT2D eigenvalue weighted by molar-refractivity contribution is 0.129. The second-order valence-electron chi connectivity index (χ2n) is 4.08. The van der Waals surface area contributed by atoms with E-state index < -0.39 is 0 Å². The van der Waals surface area contributed by atoms with Crippen molar-refractivity contribution in [2.45, 2.75) is 26.2 Å². The molecule has 2 N–H and O–H groups in total. The standard InChI is InChI=1S/C12H22N4O2/c1-3-4-9-18-10-5-7-13-12(17)14-11-6-8-16(2)15-11/h6,8H,3-5,7,9-10H2,1-2H3,(H2,13,14,15,17). The molecule has 0 bridgehead atoms. The van der Waals surface area contributed by atoms with Crippen LogP contribution in [0.25, 0.3) is 0 Å². The highest BCUT2D eigenvalue weighted by molar-refractivity contribution is 5.88. The molecular weight excluding hydrogens is 232 g/mol. The summed E-state index contributed by atoms with van der Waals surface area (Å²) in [5, 5.41) is 9.45. The second-order valence-corrected chi connectivity index (χ2v) is 4.08. The number of ether oxygens (including phenoxy) is 1. The maximum absolute atomic E-state index is 11.4. The Balaban J connectivity index is 2.00. The van der Waals surface area contributed by atoms with Gasteiger partial charge < -0.3 is 10.1 Å². The van der Waals surface area contributed by atoms with Crippen molar-refractivity contribution in [2.75, 3.05) is 25.1 Å². The number of unbranched alkanes of at least 4 members (excludes halogenated alkanes) is 1. The summed E-state index contributed by atoms with van der Waals surface area (Å²) in [7, 11) is 1.80. The lowest BCUT2D eigenvalue weighted by Crippen LogP contribution is -2.30. The summed E-state index contributed by atoms with van der Waals surface area (Å²) in [6.45, 7) is 4.22. The van der Waals surface area contributed by atoms with E-state index in [4.69, 9.17) is 4.74 Å². The van der Waals surface area contributed by atoms with Gasteiger partial charge in [0, 0.05) is 39.1 Å². The van der Waals surface area contributed by atoms with E-state index >= 15 is 0 Å². The van der Waals surface area contributed by atoms with Gasteiger partial charge in [-0.15, -0.1) is 0 Å². The fourth-order valence-corrected chi connectivity index (χ4v) is 1.37. The lowest BCUT2D eigenvalue weighted by Gasteiger charge is -2.06. The van der Waals surface area contributed by atoms with Crippen LogP contribution in [0.3, 0.4) is 0 Å². The Morgan fingerprint density at radius 3 is 2.89 bits per heavy atom. The Hall–Kier alpha value is -1.56. The third kappa shape index (κ3) is 6.24. The number of carbonyl (C=O) groups excluding carboxylic acids is 1. The van der Waals surface area contributed by atoms with Gasteiger partial charge in [-0.05, 0) is 12.8 Å². The molecule has 1 heterocycles. The Morgan fingerprint density at radius 2 is 2.22 bits per heavy atom. The summed E-state index contributed by atoms with van der Waals surface area (Å²) in [4.78, 5) is 11.4. The van der Waals surface area contributed by atoms with Crippen LogP contribution in [-0.4, -0.2) is 35.6 Å². The van der Waals surface area contributed by atoms with Gasteiger partial charge in [-0.1, -0.05) is 13.3 Å². The summed E-state index contributed by atoms with van der Waals surface area (Å²) < 4.78 is 7.03. The number of hydrogen-bond donors (Lipinski definition) is 2. The zero-order chi connectivity index (χ0) is 13.2. The molecule has 0 aromatic carbocycles. The van der Waals surface area contributed by atoms with Gasteiger partial charge in [0.2, 0.25) is 0 Å². The molecule has 1 aromatic rings. The van der Waals surface area contributed by atoms with E-state index in [-0.39, 0.29) is 6.03 Å². The van der Waals surface area contributed by atoms with Crippen LogP contribution in [0.2, 0.25) is 0 Å². The molecule has 6 heteroatoms. The van der Waals surface area contributed by atoms with Gasteiger partial charge >= 0.3 is 6.03 Å². The van der Waals surface area contributed by atoms with Crippen molar-refractivity contribution in [3.8, 4) is 0 Å². The van der Waals surface area contributed by atoms with Crippen LogP contribution < -0.4 is 10.6 Å². The highest BCUT2D eigenvalue weighted by atomic mass is 16.5. The van der Waals surface area contributed by atoms with Gasteiger partial charge in [0.25, 0.3) is 0 Å². The average molecular weight is 254 g/mol. The Kier molecular flexibility index (Phi) is 6.86. The molecule has 0 saturated carbocycles. The molecule has 0 saturated heterocycles. The van der Waals surface area contributed by atoms with Crippen LogP contribution in [0.15, 0.2) is 12.3 Å². The van der Waals surface area contributed by atoms with E-state index in [0.29, 0.717) is 19.0 Å². The fourth-order valence-electron chi connectivity index (χ4n) is 1.37. The van der Waals surface area contributed by atoms with Crippen molar-refractivity contribution >= 4 is 11.8 Å². The molecule has 1 aromatic heterocycles. The molecule has 102 valence electrons. The van der Waals surface area contributed by atoms with Crippen LogP contribution in [-0.2, 0) is 11.8 Å². The van der Waals surface area contributed by atoms with Crippen molar-refractivity contribution in [3.63, 3.8) is 0 Å². The van der Waals surface area contributed by atoms with Gasteiger partial charge in [-0.25, -0.2) is 4.79 Å². The third-order valence-corrected chi connectivity index (χ3v) is 2.35. The normalized spacial score (nSPS) is 10.3. The fraction of sp³-hybridized carbons (Fsp3) is 0.667. The number of rotatable bonds is 8. The summed E-state index contributed by atoms with van der Waals surface area (Å²) in [6.07, 6.45) is 4.83. The number of amides is 2. The minimum absolute atomic E-state index is 0.234. The van der Waals surface area contributed by atoms with Crippen molar-refractivity contribution in [1.82, 2.24) is 15.1 Å². The van der Waals surface area contributed by atoms with E-state index in [9.17, 15) is 4.79 Å². The summed E-state index contributed by atoms with van der Waals surface area (Å²) in [5.74, 6) is 0.550. The van der Waals surface area contributed by atoms with Crippen LogP contribution in [0, 0.1) is 0 Å². The molecule has 0 spiro atoms. The molecular formula is C12H22N4O2. The molecule has 2 amide bonds. The summed E-state index contributed by atoms with van der Waals surface area (Å²) in [5.41, 5.74) is 0. The Labute approximate surface area is 108 Å². The Morgan fingerprint density at radius 1 is 1.44 bits per heavy atom. The molecule has 1 rings (SSSR count). The zero-order valence-corrected chi connectivity index (χ0v) is 11.1. The maximum Gasteiger partial charge on any atom is 0.320 e. The number of aryl methyl sites for hydroxylation is 1. The third-order valence-electron chi connectivity index (χ3n) is 2.35. The molecule has 0 aliphatic heterocycles. The molecule has 0 atom stereocenters. The van der Waals surface area contributed by atoms with Gasteiger partial charge in [-0.2, -0.15) is 5.10 Å². The van der Waals surface area contributed by atoms with E-state index in [0.717, 1.165) is 25.9 Å². The molecule has 6 nitrogen and oxygen atoms in total. The van der Waals surface area contributed by atoms with Gasteiger partial charge in [-0.3, -0.25) is 10.00 Å². The number of nitrogens with zero attached hydrogens (tertiary/aromatic N) is 2. The highest BCUT2D eigenvalue weighted by Gasteiger charge is 2.02. The first-order valence-electron chi connectivity index (χ1n) is 6.34. The smallest absolute Gasteiger partial charge is 0.320 e. The molecule has 0 radical (unpaired) electrons. The van der Waals surface area contributed by atoms with E-state index in [1.54, 1.807) is 24.0 Å². The van der Waals surface area contributed by atoms with E-state index in [2.05, 4.69) is 22.7 Å². The molecule has 0 unspecified atom stereocenters. The van der Waals surface area contributed by atoms with E-state index in [1.165, 1.54) is 0 Å². The predicted molar refractivity (Wildman–Crippen MR) is 70.6 cm³/mol. The van der Waals surface area contributed by atoms with Gasteiger partial charge in [0.15, 0.2) is 5.82 Å². The van der Waals surface area contributed by atoms with Crippen LogP contribution in [0.1, 0.15) is 26.2 Å². The minimum Gasteiger partial charge on any atom is -0.381 e. The molecule has 0 aliphatic carbocycles. The van der Waals surface area contributed by atoms with Crippen molar-refractivity contribution in [1.29, 1.82) is 0 Å².